The summed E-state index contributed by atoms with van der Waals surface area (Å²) in [5.74, 6) is -0.442. The van der Waals surface area contributed by atoms with Gasteiger partial charge in [0.05, 0.1) is 29.1 Å². The zero-order chi connectivity index (χ0) is 24.9. The van der Waals surface area contributed by atoms with Gasteiger partial charge in [-0.1, -0.05) is 0 Å². The van der Waals surface area contributed by atoms with Crippen LogP contribution in [0.25, 0.3) is 22.3 Å². The molecule has 2 aromatic heterocycles. The van der Waals surface area contributed by atoms with Crippen LogP contribution in [-0.2, 0) is 11.0 Å². The van der Waals surface area contributed by atoms with Crippen LogP contribution in [0.2, 0.25) is 0 Å². The molecule has 10 heteroatoms. The van der Waals surface area contributed by atoms with E-state index in [9.17, 15) is 28.2 Å². The average molecular weight is 476 g/mol. The lowest BCUT2D eigenvalue weighted by Gasteiger charge is -2.36. The number of alkyl halides is 3. The number of likely N-dealkylation sites (tertiary alicyclic amines) is 1. The fraction of sp³-hybridized carbons (Fsp3) is 0.458. The Balaban J connectivity index is 1.80. The standard InChI is InChI=1S/C24H27F3N4O3/c1-12(2)30-11-16(5-8-20(30)34)31-22(14(4)32)17-6-7-18(28-23(17)29-31)21-13(3)9-15(10-19(21)33)24(25,26)27/h6-7,9-10,12,14,16,32-33H,5,8,11H2,1-4H3/t14-,16+/m1/s1. The summed E-state index contributed by atoms with van der Waals surface area (Å²) < 4.78 is 41.0. The molecule has 0 saturated carbocycles. The molecule has 0 unspecified atom stereocenters. The van der Waals surface area contributed by atoms with Gasteiger partial charge in [-0.25, -0.2) is 4.98 Å². The molecule has 1 aliphatic heterocycles. The molecule has 0 bridgehead atoms. The van der Waals surface area contributed by atoms with Gasteiger partial charge in [-0.15, -0.1) is 0 Å². The quantitative estimate of drug-likeness (QED) is 0.567. The Labute approximate surface area is 194 Å². The number of pyridine rings is 1. The molecule has 0 radical (unpaired) electrons. The molecule has 2 N–H and O–H groups in total. The van der Waals surface area contributed by atoms with E-state index in [0.29, 0.717) is 42.2 Å². The van der Waals surface area contributed by atoms with Gasteiger partial charge in [-0.2, -0.15) is 18.3 Å². The van der Waals surface area contributed by atoms with Gasteiger partial charge in [0.15, 0.2) is 5.65 Å². The first-order valence-electron chi connectivity index (χ1n) is 11.2. The molecule has 1 aliphatic rings. The van der Waals surface area contributed by atoms with Gasteiger partial charge in [-0.3, -0.25) is 9.48 Å². The second kappa shape index (κ2) is 8.57. The summed E-state index contributed by atoms with van der Waals surface area (Å²) in [4.78, 5) is 18.6. The number of rotatable bonds is 4. The van der Waals surface area contributed by atoms with Crippen molar-refractivity contribution >= 4 is 16.9 Å². The van der Waals surface area contributed by atoms with E-state index in [1.165, 1.54) is 6.92 Å². The van der Waals surface area contributed by atoms with Gasteiger partial charge in [0.2, 0.25) is 5.91 Å². The second-order valence-electron chi connectivity index (χ2n) is 9.09. The fourth-order valence-electron chi connectivity index (χ4n) is 4.66. The van der Waals surface area contributed by atoms with Gasteiger partial charge in [0.1, 0.15) is 5.75 Å². The highest BCUT2D eigenvalue weighted by Crippen LogP contribution is 2.39. The van der Waals surface area contributed by atoms with Crippen molar-refractivity contribution in [2.24, 2.45) is 0 Å². The van der Waals surface area contributed by atoms with Crippen molar-refractivity contribution in [1.82, 2.24) is 19.7 Å². The largest absolute Gasteiger partial charge is 0.507 e. The van der Waals surface area contributed by atoms with Gasteiger partial charge >= 0.3 is 6.18 Å². The molecular formula is C24H27F3N4O3. The SMILES string of the molecule is Cc1cc(C(F)(F)F)cc(O)c1-c1ccc2c([C@@H](C)O)n([C@H]3CCC(=O)N(C(C)C)C3)nc2n1. The molecule has 3 aromatic rings. The smallest absolute Gasteiger partial charge is 0.416 e. The number of phenolic OH excluding ortho intramolecular Hbond substituents is 1. The van der Waals surface area contributed by atoms with Crippen LogP contribution in [0.5, 0.6) is 5.75 Å². The zero-order valence-electron chi connectivity index (χ0n) is 19.4. The number of halogens is 3. The normalized spacial score (nSPS) is 18.2. The minimum atomic E-state index is -4.58. The number of aliphatic hydroxyl groups excluding tert-OH is 1. The molecule has 2 atom stereocenters. The van der Waals surface area contributed by atoms with Crippen LogP contribution in [0, 0.1) is 6.92 Å². The summed E-state index contributed by atoms with van der Waals surface area (Å²) in [5.41, 5.74) is 0.630. The van der Waals surface area contributed by atoms with Gasteiger partial charge in [-0.05, 0) is 63.9 Å². The van der Waals surface area contributed by atoms with E-state index in [-0.39, 0.29) is 34.8 Å². The van der Waals surface area contributed by atoms with Crippen molar-refractivity contribution in [3.63, 3.8) is 0 Å². The van der Waals surface area contributed by atoms with E-state index in [1.54, 1.807) is 28.6 Å². The van der Waals surface area contributed by atoms with Gasteiger partial charge in [0.25, 0.3) is 0 Å². The molecule has 0 aliphatic carbocycles. The molecule has 1 amide bonds. The number of aromatic nitrogens is 3. The first kappa shape index (κ1) is 24.0. The molecule has 4 rings (SSSR count). The molecule has 7 nitrogen and oxygen atoms in total. The van der Waals surface area contributed by atoms with Crippen LogP contribution in [0.3, 0.4) is 0 Å². The molecule has 34 heavy (non-hydrogen) atoms. The Hall–Kier alpha value is -3.14. The lowest BCUT2D eigenvalue weighted by atomic mass is 9.99. The Kier molecular flexibility index (Phi) is 6.05. The van der Waals surface area contributed by atoms with Crippen molar-refractivity contribution < 1.29 is 28.2 Å². The maximum Gasteiger partial charge on any atom is 0.416 e. The number of carbonyl (C=O) groups excluding carboxylic acids is 1. The van der Waals surface area contributed by atoms with Gasteiger partial charge in [0, 0.05) is 30.0 Å². The minimum absolute atomic E-state index is 0.0330. The van der Waals surface area contributed by atoms with Crippen molar-refractivity contribution in [2.75, 3.05) is 6.54 Å². The Morgan fingerprint density at radius 2 is 1.88 bits per heavy atom. The molecule has 1 aromatic carbocycles. The number of amides is 1. The molecule has 3 heterocycles. The van der Waals surface area contributed by atoms with Crippen molar-refractivity contribution in [1.29, 1.82) is 0 Å². The minimum Gasteiger partial charge on any atom is -0.507 e. The molecule has 1 fully saturated rings. The van der Waals surface area contributed by atoms with E-state index in [1.807, 2.05) is 13.8 Å². The Bertz CT molecular complexity index is 1230. The summed E-state index contributed by atoms with van der Waals surface area (Å²) in [7, 11) is 0. The number of hydrogen-bond acceptors (Lipinski definition) is 5. The number of aliphatic hydroxyl groups is 1. The number of nitrogens with zero attached hydrogens (tertiary/aromatic N) is 4. The number of aromatic hydroxyl groups is 1. The van der Waals surface area contributed by atoms with Crippen molar-refractivity contribution in [3.8, 4) is 17.0 Å². The topological polar surface area (TPSA) is 91.5 Å². The number of fused-ring (bicyclic) bond motifs is 1. The van der Waals surface area contributed by atoms with Crippen LogP contribution in [0.1, 0.15) is 62.6 Å². The van der Waals surface area contributed by atoms with E-state index < -0.39 is 23.6 Å². The highest BCUT2D eigenvalue weighted by atomic mass is 19.4. The number of piperidine rings is 1. The number of phenols is 1. The molecule has 182 valence electrons. The van der Waals surface area contributed by atoms with E-state index >= 15 is 0 Å². The highest BCUT2D eigenvalue weighted by molar-refractivity contribution is 5.83. The molecule has 0 spiro atoms. The van der Waals surface area contributed by atoms with E-state index in [2.05, 4.69) is 10.1 Å². The lowest BCUT2D eigenvalue weighted by Crippen LogP contribution is -2.45. The van der Waals surface area contributed by atoms with E-state index in [4.69, 9.17) is 0 Å². The zero-order valence-corrected chi connectivity index (χ0v) is 19.4. The van der Waals surface area contributed by atoms with Crippen LogP contribution in [0.4, 0.5) is 13.2 Å². The first-order chi connectivity index (χ1) is 15.9. The monoisotopic (exact) mass is 476 g/mol. The Morgan fingerprint density at radius 3 is 2.47 bits per heavy atom. The third kappa shape index (κ3) is 4.22. The lowest BCUT2D eigenvalue weighted by molar-refractivity contribution is -0.138. The number of carbonyl (C=O) groups is 1. The fourth-order valence-corrected chi connectivity index (χ4v) is 4.66. The predicted octanol–water partition coefficient (Wildman–Crippen LogP) is 4.76. The van der Waals surface area contributed by atoms with Crippen LogP contribution >= 0.6 is 0 Å². The van der Waals surface area contributed by atoms with E-state index in [0.717, 1.165) is 6.07 Å². The predicted molar refractivity (Wildman–Crippen MR) is 120 cm³/mol. The summed E-state index contributed by atoms with van der Waals surface area (Å²) in [6.45, 7) is 7.45. The third-order valence-electron chi connectivity index (χ3n) is 6.28. The van der Waals surface area contributed by atoms with Gasteiger partial charge < -0.3 is 15.1 Å². The maximum absolute atomic E-state index is 13.1. The molecule has 1 saturated heterocycles. The third-order valence-corrected chi connectivity index (χ3v) is 6.28. The maximum atomic E-state index is 13.1. The van der Waals surface area contributed by atoms with Crippen molar-refractivity contribution in [3.05, 3.63) is 41.1 Å². The summed E-state index contributed by atoms with van der Waals surface area (Å²) in [6.07, 6.45) is -4.49. The number of aryl methyl sites for hydroxylation is 1. The highest BCUT2D eigenvalue weighted by Gasteiger charge is 2.33. The first-order valence-corrected chi connectivity index (χ1v) is 11.2. The number of benzene rings is 1. The molecular weight excluding hydrogens is 449 g/mol. The van der Waals surface area contributed by atoms with Crippen LogP contribution in [0.15, 0.2) is 24.3 Å². The number of hydrogen-bond donors (Lipinski definition) is 2. The summed E-state index contributed by atoms with van der Waals surface area (Å²) in [5, 5.41) is 26.1. The van der Waals surface area contributed by atoms with Crippen molar-refractivity contribution in [2.45, 2.75) is 64.9 Å². The second-order valence-corrected chi connectivity index (χ2v) is 9.09. The summed E-state index contributed by atoms with van der Waals surface area (Å²) in [6, 6.07) is 4.84. The average Bonchev–Trinajstić information content (AvgIpc) is 3.11. The summed E-state index contributed by atoms with van der Waals surface area (Å²) >= 11 is 0. The van der Waals surface area contributed by atoms with Crippen LogP contribution in [-0.4, -0.2) is 48.4 Å². The van der Waals surface area contributed by atoms with Crippen LogP contribution < -0.4 is 0 Å². The Morgan fingerprint density at radius 1 is 1.18 bits per heavy atom.